The van der Waals surface area contributed by atoms with E-state index in [2.05, 4.69) is 15.9 Å². The summed E-state index contributed by atoms with van der Waals surface area (Å²) in [5.74, 6) is 0. The minimum atomic E-state index is -3.93. The SMILES string of the molecule is O=[C]N(NS(=O)(=O)c1cnc2c(c1)CCC2)c1c2c(cc3c1CCC3)CCC2. The van der Waals surface area contributed by atoms with Crippen LogP contribution >= 0.6 is 0 Å². The van der Waals surface area contributed by atoms with Gasteiger partial charge < -0.3 is 0 Å². The molecule has 1 aromatic heterocycles. The number of nitrogens with one attached hydrogen (secondary N) is 1. The lowest BCUT2D eigenvalue weighted by Crippen LogP contribution is -2.42. The minimum Gasteiger partial charge on any atom is -0.261 e. The maximum absolute atomic E-state index is 13.0. The summed E-state index contributed by atoms with van der Waals surface area (Å²) in [5, 5.41) is 1.07. The molecule has 0 saturated heterocycles. The van der Waals surface area contributed by atoms with E-state index in [1.807, 2.05) is 6.41 Å². The quantitative estimate of drug-likeness (QED) is 0.621. The monoisotopic (exact) mass is 396 g/mol. The lowest BCUT2D eigenvalue weighted by Gasteiger charge is -2.24. The van der Waals surface area contributed by atoms with E-state index in [9.17, 15) is 13.2 Å². The van der Waals surface area contributed by atoms with E-state index in [1.54, 1.807) is 6.07 Å². The van der Waals surface area contributed by atoms with E-state index >= 15 is 0 Å². The molecule has 3 aliphatic rings. The standard InChI is InChI=1S/C21H22N3O3S/c25-13-24(21-18-7-1-4-14(18)10-15-5-2-8-19(15)21)23-28(26,27)17-11-16-6-3-9-20(16)22-12-17/h10-12,23H,1-9H2. The number of hydrogen-bond donors (Lipinski definition) is 1. The van der Waals surface area contributed by atoms with Crippen LogP contribution in [0.4, 0.5) is 5.69 Å². The molecule has 0 bridgehead atoms. The van der Waals surface area contributed by atoms with Gasteiger partial charge >= 0.3 is 6.41 Å². The summed E-state index contributed by atoms with van der Waals surface area (Å²) < 4.78 is 26.0. The maximum atomic E-state index is 13.0. The Morgan fingerprint density at radius 1 is 0.893 bits per heavy atom. The van der Waals surface area contributed by atoms with Gasteiger partial charge in [0, 0.05) is 11.9 Å². The summed E-state index contributed by atoms with van der Waals surface area (Å²) in [7, 11) is -3.93. The normalized spacial score (nSPS) is 17.3. The van der Waals surface area contributed by atoms with Gasteiger partial charge in [-0.3, -0.25) is 9.78 Å². The van der Waals surface area contributed by atoms with Crippen molar-refractivity contribution in [1.29, 1.82) is 0 Å². The predicted molar refractivity (Wildman–Crippen MR) is 105 cm³/mol. The molecule has 1 heterocycles. The number of hydrogen-bond acceptors (Lipinski definition) is 4. The summed E-state index contributed by atoms with van der Waals surface area (Å²) in [6, 6.07) is 3.93. The molecular weight excluding hydrogens is 374 g/mol. The number of pyridine rings is 1. The van der Waals surface area contributed by atoms with Crippen molar-refractivity contribution < 1.29 is 13.2 Å². The van der Waals surface area contributed by atoms with Crippen LogP contribution in [0.3, 0.4) is 0 Å². The molecule has 0 aliphatic heterocycles. The molecule has 1 radical (unpaired) electrons. The Hall–Kier alpha value is -2.25. The molecule has 0 atom stereocenters. The molecule has 0 saturated carbocycles. The first-order valence-corrected chi connectivity index (χ1v) is 11.4. The molecule has 0 fully saturated rings. The van der Waals surface area contributed by atoms with Crippen molar-refractivity contribution in [2.75, 3.05) is 5.01 Å². The van der Waals surface area contributed by atoms with Crippen molar-refractivity contribution in [3.8, 4) is 0 Å². The number of hydrazine groups is 1. The molecule has 6 nitrogen and oxygen atoms in total. The topological polar surface area (TPSA) is 79.4 Å². The highest BCUT2D eigenvalue weighted by molar-refractivity contribution is 7.89. The summed E-state index contributed by atoms with van der Waals surface area (Å²) >= 11 is 0. The van der Waals surface area contributed by atoms with Crippen LogP contribution in [0.1, 0.15) is 52.8 Å². The van der Waals surface area contributed by atoms with Gasteiger partial charge in [0.25, 0.3) is 10.0 Å². The van der Waals surface area contributed by atoms with Crippen LogP contribution < -0.4 is 9.84 Å². The van der Waals surface area contributed by atoms with Crippen molar-refractivity contribution >= 4 is 22.1 Å². The number of sulfonamides is 1. The highest BCUT2D eigenvalue weighted by Crippen LogP contribution is 2.40. The number of aryl methyl sites for hydroxylation is 4. The van der Waals surface area contributed by atoms with E-state index in [-0.39, 0.29) is 4.90 Å². The van der Waals surface area contributed by atoms with Crippen LogP contribution in [0.25, 0.3) is 0 Å². The number of carbonyl (C=O) groups excluding carboxylic acids is 1. The Morgan fingerprint density at radius 3 is 2.21 bits per heavy atom. The molecule has 1 aromatic carbocycles. The van der Waals surface area contributed by atoms with Crippen molar-refractivity contribution in [1.82, 2.24) is 9.82 Å². The fourth-order valence-electron chi connectivity index (χ4n) is 4.89. The summed E-state index contributed by atoms with van der Waals surface area (Å²) in [6.07, 6.45) is 11.7. The van der Waals surface area contributed by atoms with E-state index in [4.69, 9.17) is 0 Å². The zero-order valence-corrected chi connectivity index (χ0v) is 16.4. The van der Waals surface area contributed by atoms with Gasteiger partial charge in [-0.1, -0.05) is 6.07 Å². The molecule has 5 rings (SSSR count). The van der Waals surface area contributed by atoms with Gasteiger partial charge in [0.2, 0.25) is 0 Å². The van der Waals surface area contributed by atoms with Gasteiger partial charge in [-0.2, -0.15) is 0 Å². The molecule has 145 valence electrons. The third kappa shape index (κ3) is 2.84. The van der Waals surface area contributed by atoms with Crippen LogP contribution in [0.5, 0.6) is 0 Å². The fraction of sp³-hybridized carbons (Fsp3) is 0.429. The molecule has 2 aromatic rings. The minimum absolute atomic E-state index is 0.0950. The molecule has 3 aliphatic carbocycles. The molecule has 1 N–H and O–H groups in total. The Kier molecular flexibility index (Phi) is 4.25. The smallest absolute Gasteiger partial charge is 0.261 e. The Morgan fingerprint density at radius 2 is 1.54 bits per heavy atom. The van der Waals surface area contributed by atoms with Gasteiger partial charge in [0.1, 0.15) is 4.90 Å². The average Bonchev–Trinajstić information content (AvgIpc) is 3.43. The summed E-state index contributed by atoms with van der Waals surface area (Å²) in [6.45, 7) is 0. The van der Waals surface area contributed by atoms with Crippen molar-refractivity contribution in [3.63, 3.8) is 0 Å². The van der Waals surface area contributed by atoms with Crippen LogP contribution in [-0.2, 0) is 53.3 Å². The second kappa shape index (κ2) is 6.67. The van der Waals surface area contributed by atoms with E-state index < -0.39 is 10.0 Å². The van der Waals surface area contributed by atoms with Gasteiger partial charge in [0.05, 0.1) is 5.69 Å². The number of anilines is 1. The van der Waals surface area contributed by atoms with Crippen LogP contribution in [0.15, 0.2) is 23.2 Å². The molecule has 28 heavy (non-hydrogen) atoms. The molecule has 0 unspecified atom stereocenters. The van der Waals surface area contributed by atoms with Crippen molar-refractivity contribution in [2.45, 2.75) is 62.7 Å². The van der Waals surface area contributed by atoms with Crippen molar-refractivity contribution in [3.05, 3.63) is 51.8 Å². The number of benzene rings is 1. The summed E-state index contributed by atoms with van der Waals surface area (Å²) in [4.78, 5) is 18.7. The van der Waals surface area contributed by atoms with Gasteiger partial charge in [-0.05, 0) is 91.7 Å². The summed E-state index contributed by atoms with van der Waals surface area (Å²) in [5.41, 5.74) is 7.28. The predicted octanol–water partition coefficient (Wildman–Crippen LogP) is 2.31. The van der Waals surface area contributed by atoms with Gasteiger partial charge in [-0.15, -0.1) is 4.83 Å². The number of rotatable bonds is 5. The average molecular weight is 396 g/mol. The first-order valence-electron chi connectivity index (χ1n) is 9.91. The first kappa shape index (κ1) is 17.8. The zero-order valence-electron chi connectivity index (χ0n) is 15.6. The third-order valence-corrected chi connectivity index (χ3v) is 7.44. The van der Waals surface area contributed by atoms with Crippen LogP contribution in [0.2, 0.25) is 0 Å². The van der Waals surface area contributed by atoms with E-state index in [0.717, 1.165) is 85.2 Å². The lowest BCUT2D eigenvalue weighted by atomic mass is 9.98. The molecule has 1 amide bonds. The third-order valence-electron chi connectivity index (χ3n) is 6.17. The van der Waals surface area contributed by atoms with E-state index in [0.29, 0.717) is 5.69 Å². The highest BCUT2D eigenvalue weighted by atomic mass is 32.2. The highest BCUT2D eigenvalue weighted by Gasteiger charge is 2.30. The maximum Gasteiger partial charge on any atom is 0.333 e. The number of fused-ring (bicyclic) bond motifs is 3. The second-order valence-corrected chi connectivity index (χ2v) is 9.52. The van der Waals surface area contributed by atoms with Crippen molar-refractivity contribution in [2.24, 2.45) is 0 Å². The Labute approximate surface area is 165 Å². The first-order chi connectivity index (χ1) is 13.6. The largest absolute Gasteiger partial charge is 0.333 e. The molecular formula is C21H22N3O3S. The van der Waals surface area contributed by atoms with Crippen LogP contribution in [0, 0.1) is 0 Å². The Bertz CT molecular complexity index is 1050. The molecule has 0 spiro atoms. The van der Waals surface area contributed by atoms with Gasteiger partial charge in [-0.25, -0.2) is 13.4 Å². The van der Waals surface area contributed by atoms with E-state index in [1.165, 1.54) is 17.3 Å². The lowest BCUT2D eigenvalue weighted by molar-refractivity contribution is 0.543. The van der Waals surface area contributed by atoms with Gasteiger partial charge in [0.15, 0.2) is 0 Å². The number of amides is 1. The molecule has 7 heteroatoms. The van der Waals surface area contributed by atoms with Crippen LogP contribution in [-0.4, -0.2) is 19.8 Å². The fourth-order valence-corrected chi connectivity index (χ4v) is 5.85. The Balaban J connectivity index is 1.54. The number of nitrogens with zero attached hydrogens (tertiary/aromatic N) is 2. The zero-order chi connectivity index (χ0) is 19.3. The number of aromatic nitrogens is 1. The second-order valence-electron chi connectivity index (χ2n) is 7.86.